The Kier molecular flexibility index (Phi) is 3.51. The van der Waals surface area contributed by atoms with Crippen LogP contribution in [0.1, 0.15) is 38.7 Å². The highest BCUT2D eigenvalue weighted by Crippen LogP contribution is 2.33. The lowest BCUT2D eigenvalue weighted by Gasteiger charge is -2.26. The number of amides is 1. The first kappa shape index (κ1) is 12.2. The van der Waals surface area contributed by atoms with Gasteiger partial charge in [0, 0.05) is 24.4 Å². The van der Waals surface area contributed by atoms with Gasteiger partial charge in [0.2, 0.25) is 5.91 Å². The molecule has 1 aromatic rings. The zero-order valence-electron chi connectivity index (χ0n) is 10.9. The van der Waals surface area contributed by atoms with Gasteiger partial charge in [-0.1, -0.05) is 44.2 Å². The van der Waals surface area contributed by atoms with Crippen LogP contribution in [0.15, 0.2) is 30.3 Å². The molecule has 2 rings (SSSR count). The highest BCUT2D eigenvalue weighted by Gasteiger charge is 2.35. The molecular formula is C15H21NO. The summed E-state index contributed by atoms with van der Waals surface area (Å²) in [5.41, 5.74) is 1.36. The van der Waals surface area contributed by atoms with Gasteiger partial charge in [-0.2, -0.15) is 0 Å². The smallest absolute Gasteiger partial charge is 0.225 e. The lowest BCUT2D eigenvalue weighted by atomic mass is 9.93. The first-order chi connectivity index (χ1) is 8.11. The van der Waals surface area contributed by atoms with Crippen molar-refractivity contribution in [1.82, 2.24) is 4.90 Å². The number of hydrogen-bond donors (Lipinski definition) is 0. The van der Waals surface area contributed by atoms with Crippen LogP contribution in [-0.2, 0) is 4.79 Å². The third kappa shape index (κ3) is 2.36. The Bertz CT molecular complexity index is 385. The summed E-state index contributed by atoms with van der Waals surface area (Å²) in [6.45, 7) is 7.03. The summed E-state index contributed by atoms with van der Waals surface area (Å²) in [5.74, 6) is 0.891. The summed E-state index contributed by atoms with van der Waals surface area (Å²) < 4.78 is 0. The van der Waals surface area contributed by atoms with Gasteiger partial charge in [0.1, 0.15) is 0 Å². The number of hydrogen-bond acceptors (Lipinski definition) is 1. The lowest BCUT2D eigenvalue weighted by molar-refractivity contribution is -0.135. The van der Waals surface area contributed by atoms with Crippen LogP contribution in [0, 0.1) is 5.92 Å². The number of nitrogens with zero attached hydrogens (tertiary/aromatic N) is 1. The van der Waals surface area contributed by atoms with Crippen molar-refractivity contribution in [2.45, 2.75) is 39.2 Å². The van der Waals surface area contributed by atoms with Crippen LogP contribution < -0.4 is 0 Å². The van der Waals surface area contributed by atoms with Crippen LogP contribution >= 0.6 is 0 Å². The molecule has 0 bridgehead atoms. The Balaban J connectivity index is 2.13. The van der Waals surface area contributed by atoms with E-state index in [4.69, 9.17) is 0 Å². The molecule has 1 amide bonds. The molecule has 1 aliphatic rings. The topological polar surface area (TPSA) is 20.3 Å². The number of rotatable bonds is 2. The average Bonchev–Trinajstić information content (AvgIpc) is 2.71. The minimum atomic E-state index is 0.104. The van der Waals surface area contributed by atoms with E-state index in [0.717, 1.165) is 13.0 Å². The minimum Gasteiger partial charge on any atom is -0.339 e. The van der Waals surface area contributed by atoms with Crippen LogP contribution in [-0.4, -0.2) is 23.4 Å². The van der Waals surface area contributed by atoms with Gasteiger partial charge in [-0.25, -0.2) is 0 Å². The van der Waals surface area contributed by atoms with Crippen LogP contribution in [0.5, 0.6) is 0 Å². The summed E-state index contributed by atoms with van der Waals surface area (Å²) in [6, 6.07) is 10.9. The van der Waals surface area contributed by atoms with Crippen LogP contribution in [0.2, 0.25) is 0 Å². The molecule has 1 fully saturated rings. The maximum absolute atomic E-state index is 12.1. The Morgan fingerprint density at radius 1 is 1.29 bits per heavy atom. The molecule has 2 heteroatoms. The van der Waals surface area contributed by atoms with Crippen molar-refractivity contribution in [2.75, 3.05) is 6.54 Å². The molecule has 17 heavy (non-hydrogen) atoms. The Labute approximate surface area is 104 Å². The molecule has 0 spiro atoms. The van der Waals surface area contributed by atoms with Crippen LogP contribution in [0.25, 0.3) is 0 Å². The molecule has 1 aromatic carbocycles. The Hall–Kier alpha value is -1.31. The van der Waals surface area contributed by atoms with Crippen molar-refractivity contribution in [3.8, 4) is 0 Å². The molecule has 92 valence electrons. The standard InChI is InChI=1S/C15H21NO/c1-11(2)15(17)16-10-9-14(12(16)3)13-7-5-4-6-8-13/h4-8,11-12,14H,9-10H2,1-3H3. The largest absolute Gasteiger partial charge is 0.339 e. The quantitative estimate of drug-likeness (QED) is 0.766. The summed E-state index contributed by atoms with van der Waals surface area (Å²) in [5, 5.41) is 0. The molecule has 2 nitrogen and oxygen atoms in total. The molecule has 2 atom stereocenters. The van der Waals surface area contributed by atoms with E-state index in [1.807, 2.05) is 24.8 Å². The van der Waals surface area contributed by atoms with Crippen molar-refractivity contribution >= 4 is 5.91 Å². The molecular weight excluding hydrogens is 210 g/mol. The maximum atomic E-state index is 12.1. The number of benzene rings is 1. The lowest BCUT2D eigenvalue weighted by Crippen LogP contribution is -2.38. The molecule has 1 heterocycles. The second kappa shape index (κ2) is 4.91. The SMILES string of the molecule is CC(C)C(=O)N1CCC(c2ccccc2)C1C. The number of carbonyl (C=O) groups is 1. The predicted molar refractivity (Wildman–Crippen MR) is 69.8 cm³/mol. The van der Waals surface area contributed by atoms with E-state index in [9.17, 15) is 4.79 Å². The molecule has 1 aliphatic heterocycles. The van der Waals surface area contributed by atoms with E-state index in [1.165, 1.54) is 5.56 Å². The number of likely N-dealkylation sites (tertiary alicyclic amines) is 1. The minimum absolute atomic E-state index is 0.104. The number of carbonyl (C=O) groups excluding carboxylic acids is 1. The van der Waals surface area contributed by atoms with Gasteiger partial charge in [-0.3, -0.25) is 4.79 Å². The fourth-order valence-corrected chi connectivity index (χ4v) is 2.73. The molecule has 0 radical (unpaired) electrons. The Morgan fingerprint density at radius 3 is 2.53 bits per heavy atom. The van der Waals surface area contributed by atoms with Crippen LogP contribution in [0.4, 0.5) is 0 Å². The van der Waals surface area contributed by atoms with Gasteiger partial charge in [0.05, 0.1) is 0 Å². The third-order valence-corrected chi connectivity index (χ3v) is 3.76. The van der Waals surface area contributed by atoms with Crippen LogP contribution in [0.3, 0.4) is 0 Å². The summed E-state index contributed by atoms with van der Waals surface area (Å²) in [4.78, 5) is 14.1. The zero-order chi connectivity index (χ0) is 12.4. The molecule has 0 saturated carbocycles. The predicted octanol–water partition coefficient (Wildman–Crippen LogP) is 3.05. The second-order valence-electron chi connectivity index (χ2n) is 5.23. The van der Waals surface area contributed by atoms with Gasteiger partial charge < -0.3 is 4.90 Å². The molecule has 2 unspecified atom stereocenters. The van der Waals surface area contributed by atoms with E-state index in [1.54, 1.807) is 0 Å². The first-order valence-corrected chi connectivity index (χ1v) is 6.46. The second-order valence-corrected chi connectivity index (χ2v) is 5.23. The van der Waals surface area contributed by atoms with Crippen molar-refractivity contribution in [2.24, 2.45) is 5.92 Å². The van der Waals surface area contributed by atoms with Crippen molar-refractivity contribution < 1.29 is 4.79 Å². The average molecular weight is 231 g/mol. The fourth-order valence-electron chi connectivity index (χ4n) is 2.73. The van der Waals surface area contributed by atoms with E-state index >= 15 is 0 Å². The highest BCUT2D eigenvalue weighted by atomic mass is 16.2. The normalized spacial score (nSPS) is 24.4. The summed E-state index contributed by atoms with van der Waals surface area (Å²) in [6.07, 6.45) is 1.09. The van der Waals surface area contributed by atoms with Crippen molar-refractivity contribution in [1.29, 1.82) is 0 Å². The van der Waals surface area contributed by atoms with Gasteiger partial charge in [0.25, 0.3) is 0 Å². The summed E-state index contributed by atoms with van der Waals surface area (Å²) >= 11 is 0. The van der Waals surface area contributed by atoms with Gasteiger partial charge in [-0.05, 0) is 18.9 Å². The monoisotopic (exact) mass is 231 g/mol. The fraction of sp³-hybridized carbons (Fsp3) is 0.533. The van der Waals surface area contributed by atoms with Crippen molar-refractivity contribution in [3.05, 3.63) is 35.9 Å². The van der Waals surface area contributed by atoms with Gasteiger partial charge >= 0.3 is 0 Å². The maximum Gasteiger partial charge on any atom is 0.225 e. The third-order valence-electron chi connectivity index (χ3n) is 3.76. The molecule has 1 saturated heterocycles. The van der Waals surface area contributed by atoms with Crippen molar-refractivity contribution in [3.63, 3.8) is 0 Å². The first-order valence-electron chi connectivity index (χ1n) is 6.46. The summed E-state index contributed by atoms with van der Waals surface area (Å²) in [7, 11) is 0. The highest BCUT2D eigenvalue weighted by molar-refractivity contribution is 5.78. The Morgan fingerprint density at radius 2 is 1.94 bits per heavy atom. The van der Waals surface area contributed by atoms with E-state index < -0.39 is 0 Å². The molecule has 0 aliphatic carbocycles. The van der Waals surface area contributed by atoms with Gasteiger partial charge in [0.15, 0.2) is 0 Å². The molecule has 0 N–H and O–H groups in total. The zero-order valence-corrected chi connectivity index (χ0v) is 10.9. The van der Waals surface area contributed by atoms with E-state index in [-0.39, 0.29) is 11.8 Å². The molecule has 0 aromatic heterocycles. The van der Waals surface area contributed by atoms with E-state index in [2.05, 4.69) is 31.2 Å². The van der Waals surface area contributed by atoms with E-state index in [0.29, 0.717) is 12.0 Å². The van der Waals surface area contributed by atoms with Gasteiger partial charge in [-0.15, -0.1) is 0 Å².